The van der Waals surface area contributed by atoms with Crippen molar-refractivity contribution < 1.29 is 0 Å². The average Bonchev–Trinajstić information content (AvgIpc) is 2.38. The first-order valence-corrected chi connectivity index (χ1v) is 6.87. The van der Waals surface area contributed by atoms with Gasteiger partial charge in [0.15, 0.2) is 0 Å². The summed E-state index contributed by atoms with van der Waals surface area (Å²) in [6.07, 6.45) is 11.3. The van der Waals surface area contributed by atoms with Crippen LogP contribution in [0.4, 0.5) is 0 Å². The van der Waals surface area contributed by atoms with E-state index in [9.17, 15) is 0 Å². The van der Waals surface area contributed by atoms with Crippen LogP contribution in [0.25, 0.3) is 0 Å². The molecule has 0 bridgehead atoms. The minimum atomic E-state index is 0.393. The molecule has 0 amide bonds. The van der Waals surface area contributed by atoms with Crippen molar-refractivity contribution in [1.82, 2.24) is 15.3 Å². The van der Waals surface area contributed by atoms with Gasteiger partial charge in [0.25, 0.3) is 0 Å². The molecule has 0 fully saturated rings. The van der Waals surface area contributed by atoms with Gasteiger partial charge in [0.2, 0.25) is 0 Å². The normalized spacial score (nSPS) is 12.6. The third-order valence-electron chi connectivity index (χ3n) is 3.01. The summed E-state index contributed by atoms with van der Waals surface area (Å²) >= 11 is 0. The molecular formula is C14H25N3. The van der Waals surface area contributed by atoms with Crippen LogP contribution in [0.15, 0.2) is 18.6 Å². The van der Waals surface area contributed by atoms with Crippen LogP contribution < -0.4 is 5.32 Å². The van der Waals surface area contributed by atoms with Crippen molar-refractivity contribution in [2.75, 3.05) is 6.54 Å². The van der Waals surface area contributed by atoms with Gasteiger partial charge in [-0.25, -0.2) is 9.97 Å². The molecule has 1 rings (SSSR count). The van der Waals surface area contributed by atoms with Crippen molar-refractivity contribution in [3.05, 3.63) is 24.3 Å². The van der Waals surface area contributed by atoms with Crippen molar-refractivity contribution >= 4 is 0 Å². The first-order valence-electron chi connectivity index (χ1n) is 6.87. The van der Waals surface area contributed by atoms with Crippen molar-refractivity contribution in [2.24, 2.45) is 0 Å². The first-order chi connectivity index (χ1) is 8.38. The number of nitrogens with zero attached hydrogens (tertiary/aromatic N) is 2. The van der Waals surface area contributed by atoms with E-state index < -0.39 is 0 Å². The number of hydrogen-bond acceptors (Lipinski definition) is 3. The molecule has 3 heteroatoms. The third-order valence-corrected chi connectivity index (χ3v) is 3.01. The van der Waals surface area contributed by atoms with Gasteiger partial charge in [0, 0.05) is 12.2 Å². The van der Waals surface area contributed by atoms with Crippen molar-refractivity contribution in [3.8, 4) is 0 Å². The van der Waals surface area contributed by atoms with E-state index in [1.54, 1.807) is 6.33 Å². The van der Waals surface area contributed by atoms with E-state index >= 15 is 0 Å². The standard InChI is InChI=1S/C14H25N3/c1-3-5-6-7-8-9-13(16-4-2)14-10-11-15-12-17-14/h10-13,16H,3-9H2,1-2H3. The maximum absolute atomic E-state index is 4.34. The summed E-state index contributed by atoms with van der Waals surface area (Å²) in [5.74, 6) is 0. The van der Waals surface area contributed by atoms with E-state index in [1.165, 1.54) is 38.5 Å². The summed E-state index contributed by atoms with van der Waals surface area (Å²) in [6, 6.07) is 2.41. The Morgan fingerprint density at radius 2 is 2.00 bits per heavy atom. The minimum Gasteiger partial charge on any atom is -0.309 e. The Hall–Kier alpha value is -0.960. The van der Waals surface area contributed by atoms with Crippen LogP contribution in [0.2, 0.25) is 0 Å². The van der Waals surface area contributed by atoms with Gasteiger partial charge < -0.3 is 5.32 Å². The monoisotopic (exact) mass is 235 g/mol. The molecule has 0 aliphatic heterocycles. The van der Waals surface area contributed by atoms with Gasteiger partial charge in [-0.1, -0.05) is 46.0 Å². The highest BCUT2D eigenvalue weighted by atomic mass is 14.9. The molecule has 0 aliphatic rings. The van der Waals surface area contributed by atoms with Crippen LogP contribution in [-0.4, -0.2) is 16.5 Å². The van der Waals surface area contributed by atoms with Crippen molar-refractivity contribution in [3.63, 3.8) is 0 Å². The Morgan fingerprint density at radius 1 is 1.18 bits per heavy atom. The van der Waals surface area contributed by atoms with Gasteiger partial charge in [0.1, 0.15) is 6.33 Å². The molecule has 1 atom stereocenters. The molecule has 0 saturated carbocycles. The van der Waals surface area contributed by atoms with E-state index in [0.717, 1.165) is 12.2 Å². The molecule has 0 spiro atoms. The zero-order valence-electron chi connectivity index (χ0n) is 11.2. The van der Waals surface area contributed by atoms with Gasteiger partial charge in [-0.15, -0.1) is 0 Å². The quantitative estimate of drug-likeness (QED) is 0.666. The number of unbranched alkanes of at least 4 members (excludes halogenated alkanes) is 4. The predicted octanol–water partition coefficient (Wildman–Crippen LogP) is 3.49. The van der Waals surface area contributed by atoms with Gasteiger partial charge in [-0.2, -0.15) is 0 Å². The van der Waals surface area contributed by atoms with Crippen LogP contribution in [-0.2, 0) is 0 Å². The van der Waals surface area contributed by atoms with E-state index in [4.69, 9.17) is 0 Å². The van der Waals surface area contributed by atoms with Crippen LogP contribution >= 0.6 is 0 Å². The van der Waals surface area contributed by atoms with Gasteiger partial charge >= 0.3 is 0 Å². The zero-order chi connectivity index (χ0) is 12.3. The smallest absolute Gasteiger partial charge is 0.115 e. The lowest BCUT2D eigenvalue weighted by Gasteiger charge is -2.16. The minimum absolute atomic E-state index is 0.393. The van der Waals surface area contributed by atoms with Crippen LogP contribution in [0, 0.1) is 0 Å². The highest BCUT2D eigenvalue weighted by Crippen LogP contribution is 2.17. The van der Waals surface area contributed by atoms with Crippen LogP contribution in [0.1, 0.15) is 64.1 Å². The maximum Gasteiger partial charge on any atom is 0.115 e. The molecule has 3 nitrogen and oxygen atoms in total. The highest BCUT2D eigenvalue weighted by molar-refractivity contribution is 5.04. The number of nitrogens with one attached hydrogen (secondary N) is 1. The predicted molar refractivity (Wildman–Crippen MR) is 71.8 cm³/mol. The second-order valence-electron chi connectivity index (χ2n) is 4.45. The zero-order valence-corrected chi connectivity index (χ0v) is 11.2. The van der Waals surface area contributed by atoms with E-state index in [1.807, 2.05) is 12.3 Å². The Morgan fingerprint density at radius 3 is 2.65 bits per heavy atom. The summed E-state index contributed by atoms with van der Waals surface area (Å²) in [5, 5.41) is 3.50. The largest absolute Gasteiger partial charge is 0.309 e. The molecule has 96 valence electrons. The Balaban J connectivity index is 2.33. The van der Waals surface area contributed by atoms with Crippen molar-refractivity contribution in [2.45, 2.75) is 58.4 Å². The lowest BCUT2D eigenvalue weighted by atomic mass is 10.0. The second kappa shape index (κ2) is 9.11. The first kappa shape index (κ1) is 14.1. The molecule has 17 heavy (non-hydrogen) atoms. The highest BCUT2D eigenvalue weighted by Gasteiger charge is 2.10. The van der Waals surface area contributed by atoms with Crippen molar-refractivity contribution in [1.29, 1.82) is 0 Å². The van der Waals surface area contributed by atoms with Crippen LogP contribution in [0.3, 0.4) is 0 Å². The van der Waals surface area contributed by atoms with E-state index in [-0.39, 0.29) is 0 Å². The Kier molecular flexibility index (Phi) is 7.56. The summed E-state index contributed by atoms with van der Waals surface area (Å²) in [5.41, 5.74) is 1.12. The fourth-order valence-electron chi connectivity index (χ4n) is 2.06. The number of hydrogen-bond donors (Lipinski definition) is 1. The van der Waals surface area contributed by atoms with Crippen LogP contribution in [0.5, 0.6) is 0 Å². The number of aromatic nitrogens is 2. The fourth-order valence-corrected chi connectivity index (χ4v) is 2.06. The molecule has 0 radical (unpaired) electrons. The molecule has 1 heterocycles. The second-order valence-corrected chi connectivity index (χ2v) is 4.45. The average molecular weight is 235 g/mol. The fraction of sp³-hybridized carbons (Fsp3) is 0.714. The van der Waals surface area contributed by atoms with Gasteiger partial charge in [-0.05, 0) is 19.0 Å². The van der Waals surface area contributed by atoms with E-state index in [2.05, 4.69) is 29.1 Å². The Labute approximate surface area is 105 Å². The molecule has 1 N–H and O–H groups in total. The topological polar surface area (TPSA) is 37.8 Å². The molecular weight excluding hydrogens is 210 g/mol. The molecule has 0 aliphatic carbocycles. The van der Waals surface area contributed by atoms with E-state index in [0.29, 0.717) is 6.04 Å². The lowest BCUT2D eigenvalue weighted by molar-refractivity contribution is 0.469. The summed E-state index contributed by atoms with van der Waals surface area (Å²) in [6.45, 7) is 5.39. The summed E-state index contributed by atoms with van der Waals surface area (Å²) in [4.78, 5) is 8.31. The Bertz CT molecular complexity index is 274. The third kappa shape index (κ3) is 5.78. The molecule has 1 aromatic heterocycles. The lowest BCUT2D eigenvalue weighted by Crippen LogP contribution is -2.21. The number of rotatable bonds is 9. The molecule has 1 aromatic rings. The molecule has 0 saturated heterocycles. The summed E-state index contributed by atoms with van der Waals surface area (Å²) < 4.78 is 0. The maximum atomic E-state index is 4.34. The summed E-state index contributed by atoms with van der Waals surface area (Å²) in [7, 11) is 0. The SMILES string of the molecule is CCCCCCCC(NCC)c1ccncn1. The molecule has 1 unspecified atom stereocenters. The van der Waals surface area contributed by atoms with Gasteiger partial charge in [-0.3, -0.25) is 0 Å². The van der Waals surface area contributed by atoms with Gasteiger partial charge in [0.05, 0.1) is 5.69 Å². The molecule has 0 aromatic carbocycles.